The molecule has 0 radical (unpaired) electrons. The van der Waals surface area contributed by atoms with Gasteiger partial charge >= 0.3 is 0 Å². The highest BCUT2D eigenvalue weighted by Gasteiger charge is 2.43. The highest BCUT2D eigenvalue weighted by atomic mass is 32.2. The van der Waals surface area contributed by atoms with Crippen LogP contribution in [-0.4, -0.2) is 33.6 Å². The standard InChI is InChI=1S/C20H26N2O2S/c1-19(2)13-18(20(3,4)21-19)25(23,24)17-12-8-9-14-15(17)10-7-11-16(14)22(5)6/h7-13,21H,1-6H3. The summed E-state index contributed by atoms with van der Waals surface area (Å²) in [4.78, 5) is 2.81. The van der Waals surface area contributed by atoms with Crippen LogP contribution in [0.5, 0.6) is 0 Å². The summed E-state index contributed by atoms with van der Waals surface area (Å²) in [5.74, 6) is 0. The zero-order valence-corrected chi connectivity index (χ0v) is 16.5. The third kappa shape index (κ3) is 2.96. The quantitative estimate of drug-likeness (QED) is 0.908. The van der Waals surface area contributed by atoms with Gasteiger partial charge in [0.25, 0.3) is 0 Å². The van der Waals surface area contributed by atoms with Gasteiger partial charge in [0.2, 0.25) is 9.84 Å². The molecule has 2 aromatic rings. The van der Waals surface area contributed by atoms with Crippen molar-refractivity contribution in [1.82, 2.24) is 5.32 Å². The minimum absolute atomic E-state index is 0.356. The highest BCUT2D eigenvalue weighted by Crippen LogP contribution is 2.39. The summed E-state index contributed by atoms with van der Waals surface area (Å²) in [6, 6.07) is 11.3. The van der Waals surface area contributed by atoms with Crippen LogP contribution >= 0.6 is 0 Å². The lowest BCUT2D eigenvalue weighted by atomic mass is 10.1. The van der Waals surface area contributed by atoms with Gasteiger partial charge in [-0.25, -0.2) is 8.42 Å². The Morgan fingerprint density at radius 1 is 0.920 bits per heavy atom. The van der Waals surface area contributed by atoms with Crippen LogP contribution in [0.25, 0.3) is 10.8 Å². The van der Waals surface area contributed by atoms with Crippen molar-refractivity contribution in [1.29, 1.82) is 0 Å². The van der Waals surface area contributed by atoms with E-state index >= 15 is 0 Å². The fraction of sp³-hybridized carbons (Fsp3) is 0.400. The molecular weight excluding hydrogens is 332 g/mol. The van der Waals surface area contributed by atoms with Gasteiger partial charge in [-0.15, -0.1) is 0 Å². The number of benzene rings is 2. The first-order valence-electron chi connectivity index (χ1n) is 8.42. The van der Waals surface area contributed by atoms with E-state index in [1.54, 1.807) is 6.07 Å². The number of fused-ring (bicyclic) bond motifs is 1. The van der Waals surface area contributed by atoms with Gasteiger partial charge in [0.05, 0.1) is 9.80 Å². The van der Waals surface area contributed by atoms with Crippen LogP contribution in [0.4, 0.5) is 5.69 Å². The second-order valence-electron chi connectivity index (χ2n) is 8.01. The molecule has 134 valence electrons. The monoisotopic (exact) mass is 358 g/mol. The van der Waals surface area contributed by atoms with Crippen LogP contribution in [0, 0.1) is 0 Å². The molecule has 1 heterocycles. The Morgan fingerprint density at radius 3 is 2.08 bits per heavy atom. The fourth-order valence-electron chi connectivity index (χ4n) is 3.83. The molecule has 0 saturated carbocycles. The van der Waals surface area contributed by atoms with Gasteiger partial charge in [0, 0.05) is 41.6 Å². The topological polar surface area (TPSA) is 49.4 Å². The summed E-state index contributed by atoms with van der Waals surface area (Å²) < 4.78 is 27.0. The van der Waals surface area contributed by atoms with E-state index in [1.165, 1.54) is 0 Å². The molecular formula is C20H26N2O2S. The molecule has 1 aliphatic heterocycles. The number of nitrogens with one attached hydrogen (secondary N) is 1. The number of anilines is 1. The minimum atomic E-state index is -3.61. The predicted molar refractivity (Wildman–Crippen MR) is 105 cm³/mol. The average molecular weight is 359 g/mol. The van der Waals surface area contributed by atoms with Crippen molar-refractivity contribution in [3.05, 3.63) is 47.4 Å². The van der Waals surface area contributed by atoms with Crippen LogP contribution in [-0.2, 0) is 9.84 Å². The van der Waals surface area contributed by atoms with Crippen molar-refractivity contribution >= 4 is 26.3 Å². The van der Waals surface area contributed by atoms with Gasteiger partial charge in [-0.1, -0.05) is 24.3 Å². The lowest BCUT2D eigenvalue weighted by molar-refractivity contribution is 0.393. The number of sulfone groups is 1. The molecule has 25 heavy (non-hydrogen) atoms. The van der Waals surface area contributed by atoms with Crippen LogP contribution in [0.1, 0.15) is 27.7 Å². The Morgan fingerprint density at radius 2 is 1.52 bits per heavy atom. The third-order valence-electron chi connectivity index (χ3n) is 4.66. The molecule has 0 fully saturated rings. The van der Waals surface area contributed by atoms with E-state index in [-0.39, 0.29) is 5.54 Å². The molecule has 0 aliphatic carbocycles. The van der Waals surface area contributed by atoms with Crippen molar-refractivity contribution in [3.8, 4) is 0 Å². The molecule has 1 aliphatic rings. The molecule has 0 bridgehead atoms. The Kier molecular flexibility index (Phi) is 4.01. The molecule has 1 N–H and O–H groups in total. The Bertz CT molecular complexity index is 970. The van der Waals surface area contributed by atoms with E-state index in [0.29, 0.717) is 9.80 Å². The Balaban J connectivity index is 2.28. The summed E-state index contributed by atoms with van der Waals surface area (Å²) in [6.45, 7) is 7.82. The zero-order chi connectivity index (χ0) is 18.6. The average Bonchev–Trinajstić information content (AvgIpc) is 2.74. The molecule has 0 atom stereocenters. The zero-order valence-electron chi connectivity index (χ0n) is 15.7. The number of nitrogens with zero attached hydrogens (tertiary/aromatic N) is 1. The van der Waals surface area contributed by atoms with E-state index in [9.17, 15) is 8.42 Å². The first kappa shape index (κ1) is 18.0. The highest BCUT2D eigenvalue weighted by molar-refractivity contribution is 7.95. The van der Waals surface area contributed by atoms with Crippen LogP contribution in [0.2, 0.25) is 0 Å². The van der Waals surface area contributed by atoms with Crippen molar-refractivity contribution < 1.29 is 8.42 Å². The fourth-order valence-corrected chi connectivity index (χ4v) is 5.97. The molecule has 3 rings (SSSR count). The Labute approximate surface area is 150 Å². The second-order valence-corrected chi connectivity index (χ2v) is 9.89. The molecule has 0 saturated heterocycles. The van der Waals surface area contributed by atoms with Crippen LogP contribution in [0.3, 0.4) is 0 Å². The van der Waals surface area contributed by atoms with Crippen molar-refractivity contribution in [2.45, 2.75) is 43.7 Å². The summed E-state index contributed by atoms with van der Waals surface area (Å²) >= 11 is 0. The summed E-state index contributed by atoms with van der Waals surface area (Å²) in [7, 11) is 0.320. The van der Waals surface area contributed by atoms with E-state index in [1.807, 2.05) is 83.1 Å². The first-order valence-corrected chi connectivity index (χ1v) is 9.91. The number of hydrogen-bond donors (Lipinski definition) is 1. The maximum atomic E-state index is 13.5. The normalized spacial score (nSPS) is 19.0. The van der Waals surface area contributed by atoms with Crippen molar-refractivity contribution in [3.63, 3.8) is 0 Å². The van der Waals surface area contributed by atoms with Gasteiger partial charge < -0.3 is 4.90 Å². The van der Waals surface area contributed by atoms with Gasteiger partial charge in [-0.3, -0.25) is 5.32 Å². The second kappa shape index (κ2) is 5.58. The molecule has 2 aromatic carbocycles. The van der Waals surface area contributed by atoms with Gasteiger partial charge in [-0.2, -0.15) is 0 Å². The summed E-state index contributed by atoms with van der Waals surface area (Å²) in [6.07, 6.45) is 1.84. The minimum Gasteiger partial charge on any atom is -0.377 e. The Hall–Kier alpha value is -1.85. The largest absolute Gasteiger partial charge is 0.377 e. The van der Waals surface area contributed by atoms with E-state index in [2.05, 4.69) is 5.32 Å². The lowest BCUT2D eigenvalue weighted by Gasteiger charge is -2.28. The van der Waals surface area contributed by atoms with E-state index in [4.69, 9.17) is 0 Å². The van der Waals surface area contributed by atoms with Gasteiger partial charge in [0.1, 0.15) is 0 Å². The van der Waals surface area contributed by atoms with Crippen molar-refractivity contribution in [2.24, 2.45) is 0 Å². The molecule has 0 aromatic heterocycles. The van der Waals surface area contributed by atoms with E-state index in [0.717, 1.165) is 16.5 Å². The lowest BCUT2D eigenvalue weighted by Crippen LogP contribution is -2.46. The third-order valence-corrected chi connectivity index (χ3v) is 6.80. The van der Waals surface area contributed by atoms with Crippen molar-refractivity contribution in [2.75, 3.05) is 19.0 Å². The van der Waals surface area contributed by atoms with Gasteiger partial charge in [0.15, 0.2) is 0 Å². The van der Waals surface area contributed by atoms with Gasteiger partial charge in [-0.05, 0) is 45.9 Å². The smallest absolute Gasteiger partial charge is 0.204 e. The molecule has 0 amide bonds. The predicted octanol–water partition coefficient (Wildman–Crippen LogP) is 3.72. The summed E-state index contributed by atoms with van der Waals surface area (Å²) in [5.41, 5.74) is 0.0437. The SMILES string of the molecule is CN(C)c1cccc2c(S(=O)(=O)C3=CC(C)(C)NC3(C)C)cccc12. The van der Waals surface area contributed by atoms with Crippen LogP contribution in [0.15, 0.2) is 52.3 Å². The van der Waals surface area contributed by atoms with Crippen LogP contribution < -0.4 is 10.2 Å². The van der Waals surface area contributed by atoms with E-state index < -0.39 is 15.4 Å². The maximum Gasteiger partial charge on any atom is 0.204 e. The molecule has 5 heteroatoms. The number of rotatable bonds is 3. The first-order chi connectivity index (χ1) is 11.5. The maximum absolute atomic E-state index is 13.5. The summed E-state index contributed by atoms with van der Waals surface area (Å²) in [5, 5.41) is 5.09. The molecule has 0 spiro atoms. The molecule has 0 unspecified atom stereocenters. The number of hydrogen-bond acceptors (Lipinski definition) is 4. The molecule has 4 nitrogen and oxygen atoms in total.